The van der Waals surface area contributed by atoms with Gasteiger partial charge in [-0.15, -0.1) is 0 Å². The lowest BCUT2D eigenvalue weighted by atomic mass is 10.2. The Morgan fingerprint density at radius 1 is 1.08 bits per heavy atom. The van der Waals surface area contributed by atoms with E-state index in [2.05, 4.69) is 4.98 Å². The van der Waals surface area contributed by atoms with Crippen LogP contribution in [0.15, 0.2) is 46.0 Å². The van der Waals surface area contributed by atoms with Gasteiger partial charge in [-0.2, -0.15) is 0 Å². The molecule has 38 heavy (non-hydrogen) atoms. The summed E-state index contributed by atoms with van der Waals surface area (Å²) >= 11 is 0. The lowest BCUT2D eigenvalue weighted by Crippen LogP contribution is -2.41. The van der Waals surface area contributed by atoms with Crippen molar-refractivity contribution in [3.63, 3.8) is 0 Å². The van der Waals surface area contributed by atoms with E-state index in [1.54, 1.807) is 16.7 Å². The van der Waals surface area contributed by atoms with Crippen LogP contribution in [0.5, 0.6) is 5.88 Å². The summed E-state index contributed by atoms with van der Waals surface area (Å²) in [7, 11) is 0. The van der Waals surface area contributed by atoms with Crippen LogP contribution in [0.3, 0.4) is 0 Å². The van der Waals surface area contributed by atoms with Crippen LogP contribution < -0.4 is 16.0 Å². The van der Waals surface area contributed by atoms with Crippen molar-refractivity contribution in [1.82, 2.24) is 23.7 Å². The fourth-order valence-corrected chi connectivity index (χ4v) is 4.57. The summed E-state index contributed by atoms with van der Waals surface area (Å²) in [5.74, 6) is 1.01. The van der Waals surface area contributed by atoms with E-state index in [1.807, 2.05) is 32.9 Å². The molecule has 1 aliphatic carbocycles. The number of hydrogen-bond donors (Lipinski definition) is 1. The average Bonchev–Trinajstić information content (AvgIpc) is 3.64. The zero-order valence-electron chi connectivity index (χ0n) is 21.9. The number of halogens is 1. The van der Waals surface area contributed by atoms with E-state index < -0.39 is 11.2 Å². The predicted molar refractivity (Wildman–Crippen MR) is 142 cm³/mol. The molecule has 1 saturated carbocycles. The summed E-state index contributed by atoms with van der Waals surface area (Å²) in [6.45, 7) is 6.29. The van der Waals surface area contributed by atoms with Crippen LogP contribution in [0.1, 0.15) is 50.4 Å². The average molecular weight is 522 g/mol. The summed E-state index contributed by atoms with van der Waals surface area (Å²) < 4.78 is 24.2. The van der Waals surface area contributed by atoms with E-state index in [0.29, 0.717) is 29.8 Å². The maximum atomic E-state index is 13.8. The minimum absolute atomic E-state index is 0.0791. The molecule has 0 amide bonds. The molecule has 0 atom stereocenters. The van der Waals surface area contributed by atoms with Gasteiger partial charge in [-0.25, -0.2) is 19.2 Å². The first-order valence-electron chi connectivity index (χ1n) is 13.0. The van der Waals surface area contributed by atoms with Crippen LogP contribution >= 0.6 is 0 Å². The number of benzene rings is 1. The monoisotopic (exact) mass is 521 g/mol. The number of nitrogens with zero attached hydrogens (tertiary/aromatic N) is 5. The molecule has 0 bridgehead atoms. The molecule has 1 aliphatic rings. The van der Waals surface area contributed by atoms with E-state index in [9.17, 15) is 19.1 Å². The fraction of sp³-hybridized carbons (Fsp3) is 0.429. The highest BCUT2D eigenvalue weighted by molar-refractivity contribution is 5.78. The van der Waals surface area contributed by atoms with Crippen molar-refractivity contribution < 1.29 is 14.2 Å². The summed E-state index contributed by atoms with van der Waals surface area (Å²) in [5, 5.41) is 9.38. The van der Waals surface area contributed by atoms with Crippen molar-refractivity contribution >= 4 is 11.2 Å². The molecule has 1 fully saturated rings. The third-order valence-corrected chi connectivity index (χ3v) is 6.77. The molecule has 0 saturated heterocycles. The Hall–Kier alpha value is -3.79. The summed E-state index contributed by atoms with van der Waals surface area (Å²) in [6.07, 6.45) is 2.51. The highest BCUT2D eigenvalue weighted by Gasteiger charge is 2.27. The van der Waals surface area contributed by atoms with E-state index in [4.69, 9.17) is 9.72 Å². The molecule has 0 radical (unpaired) electrons. The van der Waals surface area contributed by atoms with Gasteiger partial charge in [0.05, 0.1) is 12.2 Å². The largest absolute Gasteiger partial charge is 0.477 e. The van der Waals surface area contributed by atoms with Crippen molar-refractivity contribution in [2.75, 3.05) is 13.2 Å². The third-order valence-electron chi connectivity index (χ3n) is 6.77. The van der Waals surface area contributed by atoms with Crippen LogP contribution in [0.4, 0.5) is 4.39 Å². The Bertz CT molecular complexity index is 1580. The summed E-state index contributed by atoms with van der Waals surface area (Å²) in [6, 6.07) is 9.50. The minimum Gasteiger partial charge on any atom is -0.477 e. The van der Waals surface area contributed by atoms with Gasteiger partial charge in [-0.05, 0) is 75.8 Å². The molecule has 1 aromatic carbocycles. The van der Waals surface area contributed by atoms with Crippen LogP contribution in [0, 0.1) is 18.7 Å². The Morgan fingerprint density at radius 2 is 1.82 bits per heavy atom. The van der Waals surface area contributed by atoms with Crippen molar-refractivity contribution in [3.05, 3.63) is 74.3 Å². The van der Waals surface area contributed by atoms with Crippen molar-refractivity contribution in [2.45, 2.75) is 59.2 Å². The predicted octanol–water partition coefficient (Wildman–Crippen LogP) is 3.67. The van der Waals surface area contributed by atoms with Crippen LogP contribution in [0.2, 0.25) is 0 Å². The summed E-state index contributed by atoms with van der Waals surface area (Å²) in [4.78, 5) is 36.7. The van der Waals surface area contributed by atoms with Crippen molar-refractivity contribution in [1.29, 1.82) is 0 Å². The van der Waals surface area contributed by atoms with Crippen LogP contribution in [-0.4, -0.2) is 42.0 Å². The van der Waals surface area contributed by atoms with Crippen molar-refractivity contribution in [2.24, 2.45) is 5.92 Å². The molecule has 0 aliphatic heterocycles. The molecule has 5 rings (SSSR count). The Kier molecular flexibility index (Phi) is 7.16. The van der Waals surface area contributed by atoms with E-state index in [-0.39, 0.29) is 49.1 Å². The van der Waals surface area contributed by atoms with Gasteiger partial charge >= 0.3 is 5.69 Å². The van der Waals surface area contributed by atoms with Gasteiger partial charge < -0.3 is 14.4 Å². The minimum atomic E-state index is -0.489. The number of aliphatic hydroxyl groups is 1. The van der Waals surface area contributed by atoms with Crippen molar-refractivity contribution in [3.8, 4) is 17.3 Å². The van der Waals surface area contributed by atoms with Crippen LogP contribution in [-0.2, 0) is 13.1 Å². The van der Waals surface area contributed by atoms with Gasteiger partial charge in [0, 0.05) is 31.4 Å². The van der Waals surface area contributed by atoms with Gasteiger partial charge in [0.15, 0.2) is 11.2 Å². The Labute approximate surface area is 219 Å². The van der Waals surface area contributed by atoms with E-state index >= 15 is 0 Å². The molecule has 200 valence electrons. The molecule has 1 N–H and O–H groups in total. The molecule has 4 aromatic rings. The SMILES string of the molecule is Cc1ccc(-c2nc3c(c(=O)n(CCCO)c(=O)n3C(C)C)n2Cc2ccc(F)cc2)c(OCC2CC2)n1. The van der Waals surface area contributed by atoms with Gasteiger partial charge in [-0.3, -0.25) is 13.9 Å². The number of aliphatic hydroxyl groups excluding tert-OH is 1. The zero-order chi connectivity index (χ0) is 27.0. The third kappa shape index (κ3) is 5.00. The molecule has 3 aromatic heterocycles. The highest BCUT2D eigenvalue weighted by Crippen LogP contribution is 2.34. The fourth-order valence-electron chi connectivity index (χ4n) is 4.57. The second-order valence-electron chi connectivity index (χ2n) is 10.2. The molecular weight excluding hydrogens is 489 g/mol. The second kappa shape index (κ2) is 10.5. The lowest BCUT2D eigenvalue weighted by molar-refractivity contribution is 0.277. The molecular formula is C28H32FN5O4. The Balaban J connectivity index is 1.80. The number of aromatic nitrogens is 5. The molecule has 9 nitrogen and oxygen atoms in total. The Morgan fingerprint density at radius 3 is 2.47 bits per heavy atom. The van der Waals surface area contributed by atoms with E-state index in [1.165, 1.54) is 16.7 Å². The topological polar surface area (TPSA) is 104 Å². The number of imidazole rings is 1. The lowest BCUT2D eigenvalue weighted by Gasteiger charge is -2.15. The first-order valence-corrected chi connectivity index (χ1v) is 13.0. The van der Waals surface area contributed by atoms with Gasteiger partial charge in [0.2, 0.25) is 5.88 Å². The normalized spacial score (nSPS) is 13.5. The summed E-state index contributed by atoms with van der Waals surface area (Å²) in [5.41, 5.74) is 1.71. The molecule has 0 spiro atoms. The smallest absolute Gasteiger partial charge is 0.332 e. The first kappa shape index (κ1) is 25.8. The van der Waals surface area contributed by atoms with Gasteiger partial charge in [0.1, 0.15) is 11.6 Å². The number of ether oxygens (including phenoxy) is 1. The number of aryl methyl sites for hydroxylation is 1. The second-order valence-corrected chi connectivity index (χ2v) is 10.2. The zero-order valence-corrected chi connectivity index (χ0v) is 21.9. The number of hydrogen-bond acceptors (Lipinski definition) is 6. The van der Waals surface area contributed by atoms with Gasteiger partial charge in [-0.1, -0.05) is 12.1 Å². The first-order chi connectivity index (χ1) is 18.3. The quantitative estimate of drug-likeness (QED) is 0.342. The number of fused-ring (bicyclic) bond motifs is 1. The van der Waals surface area contributed by atoms with Gasteiger partial charge in [0.25, 0.3) is 5.56 Å². The molecule has 10 heteroatoms. The maximum Gasteiger partial charge on any atom is 0.332 e. The number of rotatable bonds is 10. The molecule has 0 unspecified atom stereocenters. The maximum absolute atomic E-state index is 13.8. The molecule has 3 heterocycles. The van der Waals surface area contributed by atoms with Crippen LogP contribution in [0.25, 0.3) is 22.6 Å². The number of pyridine rings is 1. The standard InChI is InChI=1S/C28H32FN5O4/c1-17(2)34-25-23(27(36)32(28(34)37)13-4-14-35)33(15-19-8-10-21(29)11-9-19)24(31-25)22-12-5-18(3)30-26(22)38-16-20-6-7-20/h5,8-12,17,20,35H,4,6-7,13-16H2,1-3H3. The van der Waals surface area contributed by atoms with E-state index in [0.717, 1.165) is 28.7 Å². The highest BCUT2D eigenvalue weighted by atomic mass is 19.1.